The molecule has 27 heavy (non-hydrogen) atoms. The zero-order valence-corrected chi connectivity index (χ0v) is 16.8. The molecule has 1 amide bonds. The fourth-order valence-corrected chi connectivity index (χ4v) is 4.49. The molecule has 0 aliphatic carbocycles. The van der Waals surface area contributed by atoms with Gasteiger partial charge in [0.1, 0.15) is 0 Å². The number of carbonyl (C=O) groups excluding carboxylic acids is 1. The number of hydrogen-bond acceptors (Lipinski definition) is 3. The van der Waals surface area contributed by atoms with Crippen LogP contribution in [0.3, 0.4) is 0 Å². The lowest BCUT2D eigenvalue weighted by Crippen LogP contribution is -2.41. The van der Waals surface area contributed by atoms with Crippen LogP contribution in [-0.4, -0.2) is 38.9 Å². The lowest BCUT2D eigenvalue weighted by Gasteiger charge is -2.32. The third kappa shape index (κ3) is 4.89. The van der Waals surface area contributed by atoms with Crippen LogP contribution in [0.15, 0.2) is 53.4 Å². The second-order valence-corrected chi connectivity index (χ2v) is 9.06. The molecule has 2 aromatic rings. The SMILES string of the molecule is Cc1ccccc1C(=O)N1CCC(CNS(=O)(=O)c2ccc(Cl)cc2)CC1. The Morgan fingerprint density at radius 3 is 2.37 bits per heavy atom. The van der Waals surface area contributed by atoms with Gasteiger partial charge in [-0.05, 0) is 61.6 Å². The van der Waals surface area contributed by atoms with E-state index in [4.69, 9.17) is 11.6 Å². The van der Waals surface area contributed by atoms with Gasteiger partial charge in [-0.1, -0.05) is 29.8 Å². The molecule has 1 aliphatic heterocycles. The van der Waals surface area contributed by atoms with Crippen molar-refractivity contribution < 1.29 is 13.2 Å². The van der Waals surface area contributed by atoms with Crippen molar-refractivity contribution in [2.45, 2.75) is 24.7 Å². The molecule has 3 rings (SSSR count). The Hall–Kier alpha value is -1.89. The predicted octanol–water partition coefficient (Wildman–Crippen LogP) is 3.48. The minimum atomic E-state index is -3.54. The van der Waals surface area contributed by atoms with Gasteiger partial charge in [0.15, 0.2) is 0 Å². The van der Waals surface area contributed by atoms with Gasteiger partial charge in [0.05, 0.1) is 4.90 Å². The smallest absolute Gasteiger partial charge is 0.254 e. The van der Waals surface area contributed by atoms with Crippen LogP contribution in [0.1, 0.15) is 28.8 Å². The van der Waals surface area contributed by atoms with E-state index < -0.39 is 10.0 Å². The van der Waals surface area contributed by atoms with E-state index in [2.05, 4.69) is 4.72 Å². The number of piperidine rings is 1. The predicted molar refractivity (Wildman–Crippen MR) is 106 cm³/mol. The summed E-state index contributed by atoms with van der Waals surface area (Å²) in [5.41, 5.74) is 1.71. The van der Waals surface area contributed by atoms with Gasteiger partial charge in [0.25, 0.3) is 5.91 Å². The number of likely N-dealkylation sites (tertiary alicyclic amines) is 1. The Morgan fingerprint density at radius 1 is 1.11 bits per heavy atom. The second-order valence-electron chi connectivity index (χ2n) is 6.86. The van der Waals surface area contributed by atoms with Gasteiger partial charge in [-0.15, -0.1) is 0 Å². The van der Waals surface area contributed by atoms with Crippen LogP contribution in [-0.2, 0) is 10.0 Å². The number of nitrogens with one attached hydrogen (secondary N) is 1. The highest BCUT2D eigenvalue weighted by molar-refractivity contribution is 7.89. The van der Waals surface area contributed by atoms with E-state index in [0.29, 0.717) is 24.7 Å². The van der Waals surface area contributed by atoms with E-state index in [1.807, 2.05) is 36.1 Å². The zero-order chi connectivity index (χ0) is 19.4. The molecule has 1 aliphatic rings. The van der Waals surface area contributed by atoms with Crippen molar-refractivity contribution in [1.29, 1.82) is 0 Å². The first-order valence-electron chi connectivity index (χ1n) is 8.97. The van der Waals surface area contributed by atoms with Crippen LogP contribution in [0.5, 0.6) is 0 Å². The minimum Gasteiger partial charge on any atom is -0.339 e. The van der Waals surface area contributed by atoms with Gasteiger partial charge in [-0.2, -0.15) is 0 Å². The number of rotatable bonds is 5. The van der Waals surface area contributed by atoms with E-state index >= 15 is 0 Å². The molecule has 0 unspecified atom stereocenters. The zero-order valence-electron chi connectivity index (χ0n) is 15.2. The normalized spacial score (nSPS) is 15.7. The van der Waals surface area contributed by atoms with Crippen LogP contribution in [0.2, 0.25) is 5.02 Å². The molecule has 0 spiro atoms. The summed E-state index contributed by atoms with van der Waals surface area (Å²) in [7, 11) is -3.54. The van der Waals surface area contributed by atoms with E-state index in [1.54, 1.807) is 12.1 Å². The summed E-state index contributed by atoms with van der Waals surface area (Å²) in [5.74, 6) is 0.265. The van der Waals surface area contributed by atoms with Crippen molar-refractivity contribution in [3.63, 3.8) is 0 Å². The Bertz CT molecular complexity index is 905. The largest absolute Gasteiger partial charge is 0.339 e. The number of amides is 1. The van der Waals surface area contributed by atoms with E-state index in [0.717, 1.165) is 24.0 Å². The van der Waals surface area contributed by atoms with Crippen LogP contribution in [0.25, 0.3) is 0 Å². The lowest BCUT2D eigenvalue weighted by atomic mass is 9.96. The molecular formula is C20H23ClN2O3S. The first kappa shape index (κ1) is 19.9. The number of benzene rings is 2. The molecule has 1 fully saturated rings. The summed E-state index contributed by atoms with van der Waals surface area (Å²) in [5, 5.41) is 0.500. The van der Waals surface area contributed by atoms with E-state index in [9.17, 15) is 13.2 Å². The summed E-state index contributed by atoms with van der Waals surface area (Å²) >= 11 is 5.81. The molecule has 7 heteroatoms. The molecule has 2 aromatic carbocycles. The van der Waals surface area contributed by atoms with Gasteiger partial charge >= 0.3 is 0 Å². The summed E-state index contributed by atoms with van der Waals surface area (Å²) in [6.45, 7) is 3.59. The maximum atomic E-state index is 12.7. The minimum absolute atomic E-state index is 0.0493. The molecule has 0 bridgehead atoms. The monoisotopic (exact) mass is 406 g/mol. The van der Waals surface area contributed by atoms with Crippen LogP contribution in [0, 0.1) is 12.8 Å². The first-order valence-corrected chi connectivity index (χ1v) is 10.8. The highest BCUT2D eigenvalue weighted by Gasteiger charge is 2.25. The number of hydrogen-bond donors (Lipinski definition) is 1. The Morgan fingerprint density at radius 2 is 1.74 bits per heavy atom. The molecule has 1 heterocycles. The summed E-state index contributed by atoms with van der Waals surface area (Å²) in [6.07, 6.45) is 1.56. The molecular weight excluding hydrogens is 384 g/mol. The third-order valence-corrected chi connectivity index (χ3v) is 6.65. The first-order chi connectivity index (χ1) is 12.9. The third-order valence-electron chi connectivity index (χ3n) is 4.96. The number of sulfonamides is 1. The molecule has 144 valence electrons. The maximum absolute atomic E-state index is 12.7. The van der Waals surface area contributed by atoms with Crippen molar-refractivity contribution in [2.24, 2.45) is 5.92 Å². The highest BCUT2D eigenvalue weighted by atomic mass is 35.5. The molecule has 0 atom stereocenters. The van der Waals surface area contributed by atoms with Crippen molar-refractivity contribution in [3.8, 4) is 0 Å². The van der Waals surface area contributed by atoms with Crippen LogP contribution < -0.4 is 4.72 Å². The van der Waals surface area contributed by atoms with Gasteiger partial charge in [0.2, 0.25) is 10.0 Å². The van der Waals surface area contributed by atoms with Gasteiger partial charge in [-0.25, -0.2) is 13.1 Å². The van der Waals surface area contributed by atoms with Crippen LogP contribution in [0.4, 0.5) is 0 Å². The fraction of sp³-hybridized carbons (Fsp3) is 0.350. The number of halogens is 1. The van der Waals surface area contributed by atoms with E-state index in [1.165, 1.54) is 12.1 Å². The quantitative estimate of drug-likeness (QED) is 0.826. The molecule has 0 saturated carbocycles. The fourth-order valence-electron chi connectivity index (χ4n) is 3.25. The molecule has 1 saturated heterocycles. The molecule has 0 radical (unpaired) electrons. The van der Waals surface area contributed by atoms with Gasteiger partial charge in [-0.3, -0.25) is 4.79 Å². The van der Waals surface area contributed by atoms with Gasteiger partial charge < -0.3 is 4.90 Å². The average Bonchev–Trinajstić information content (AvgIpc) is 2.67. The van der Waals surface area contributed by atoms with Crippen molar-refractivity contribution in [2.75, 3.05) is 19.6 Å². The number of carbonyl (C=O) groups is 1. The summed E-state index contributed by atoms with van der Waals surface area (Å²) in [6, 6.07) is 13.7. The second kappa shape index (κ2) is 8.42. The Labute approximate surface area is 165 Å². The van der Waals surface area contributed by atoms with Crippen molar-refractivity contribution in [1.82, 2.24) is 9.62 Å². The summed E-state index contributed by atoms with van der Waals surface area (Å²) < 4.78 is 27.4. The van der Waals surface area contributed by atoms with Crippen molar-refractivity contribution >= 4 is 27.5 Å². The van der Waals surface area contributed by atoms with E-state index in [-0.39, 0.29) is 16.7 Å². The molecule has 0 aromatic heterocycles. The highest BCUT2D eigenvalue weighted by Crippen LogP contribution is 2.21. The number of aryl methyl sites for hydroxylation is 1. The van der Waals surface area contributed by atoms with Crippen LogP contribution >= 0.6 is 11.6 Å². The Kier molecular flexibility index (Phi) is 6.19. The summed E-state index contributed by atoms with van der Waals surface area (Å²) in [4.78, 5) is 14.7. The average molecular weight is 407 g/mol. The Balaban J connectivity index is 1.53. The standard InChI is InChI=1S/C20H23ClN2O3S/c1-15-4-2-3-5-19(15)20(24)23-12-10-16(11-13-23)14-22-27(25,26)18-8-6-17(21)7-9-18/h2-9,16,22H,10-14H2,1H3. The topological polar surface area (TPSA) is 66.5 Å². The van der Waals surface area contributed by atoms with Gasteiger partial charge in [0, 0.05) is 30.2 Å². The van der Waals surface area contributed by atoms with Crippen molar-refractivity contribution in [3.05, 3.63) is 64.7 Å². The molecule has 5 nitrogen and oxygen atoms in total. The number of nitrogens with zero attached hydrogens (tertiary/aromatic N) is 1. The molecule has 1 N–H and O–H groups in total. The lowest BCUT2D eigenvalue weighted by molar-refractivity contribution is 0.0691. The maximum Gasteiger partial charge on any atom is 0.254 e.